The monoisotopic (exact) mass is 379 g/mol. The van der Waals surface area contributed by atoms with Crippen LogP contribution in [0, 0.1) is 5.82 Å². The smallest absolute Gasteiger partial charge is 0.253 e. The van der Waals surface area contributed by atoms with Gasteiger partial charge in [-0.3, -0.25) is 9.78 Å². The molecule has 142 valence electrons. The number of carbonyl (C=O) groups is 1. The zero-order valence-corrected chi connectivity index (χ0v) is 14.9. The number of benzene rings is 2. The Kier molecular flexibility index (Phi) is 5.05. The van der Waals surface area contributed by atoms with Crippen LogP contribution in [0.4, 0.5) is 10.1 Å². The van der Waals surface area contributed by atoms with E-state index in [-0.39, 0.29) is 18.5 Å². The summed E-state index contributed by atoms with van der Waals surface area (Å²) in [6.07, 6.45) is 3.08. The molecular formula is C21H18FN3O3. The van der Waals surface area contributed by atoms with Gasteiger partial charge in [-0.05, 0) is 29.8 Å². The molecule has 0 unspecified atom stereocenters. The molecule has 1 aliphatic heterocycles. The van der Waals surface area contributed by atoms with E-state index < -0.39 is 0 Å². The Morgan fingerprint density at radius 1 is 1.04 bits per heavy atom. The van der Waals surface area contributed by atoms with Crippen molar-refractivity contribution in [3.05, 3.63) is 83.4 Å². The van der Waals surface area contributed by atoms with E-state index in [0.717, 1.165) is 5.56 Å². The molecule has 0 saturated heterocycles. The average molecular weight is 379 g/mol. The molecule has 0 aliphatic carbocycles. The lowest BCUT2D eigenvalue weighted by Crippen LogP contribution is -2.23. The molecule has 0 radical (unpaired) electrons. The Morgan fingerprint density at radius 2 is 1.89 bits per heavy atom. The fourth-order valence-electron chi connectivity index (χ4n) is 2.84. The normalized spacial score (nSPS) is 11.9. The molecule has 2 aromatic carbocycles. The van der Waals surface area contributed by atoms with Crippen molar-refractivity contribution in [3.8, 4) is 11.5 Å². The van der Waals surface area contributed by atoms with Crippen molar-refractivity contribution in [1.29, 1.82) is 0 Å². The molecule has 28 heavy (non-hydrogen) atoms. The third kappa shape index (κ3) is 4.03. The third-order valence-corrected chi connectivity index (χ3v) is 4.33. The second kappa shape index (κ2) is 7.96. The first-order valence-electron chi connectivity index (χ1n) is 8.78. The van der Waals surface area contributed by atoms with Crippen LogP contribution in [0.1, 0.15) is 21.5 Å². The van der Waals surface area contributed by atoms with Crippen molar-refractivity contribution < 1.29 is 18.7 Å². The van der Waals surface area contributed by atoms with Crippen LogP contribution in [0.3, 0.4) is 0 Å². The second-order valence-corrected chi connectivity index (χ2v) is 6.28. The van der Waals surface area contributed by atoms with Crippen molar-refractivity contribution in [3.63, 3.8) is 0 Å². The first kappa shape index (κ1) is 17.8. The lowest BCUT2D eigenvalue weighted by atomic mass is 10.2. The zero-order chi connectivity index (χ0) is 19.3. The Bertz CT molecular complexity index is 1010. The number of fused-ring (bicyclic) bond motifs is 1. The zero-order valence-electron chi connectivity index (χ0n) is 14.9. The fourth-order valence-corrected chi connectivity index (χ4v) is 2.84. The second-order valence-electron chi connectivity index (χ2n) is 6.28. The summed E-state index contributed by atoms with van der Waals surface area (Å²) < 4.78 is 24.3. The molecule has 0 saturated carbocycles. The summed E-state index contributed by atoms with van der Waals surface area (Å²) in [4.78, 5) is 16.5. The molecule has 2 heterocycles. The molecule has 7 heteroatoms. The van der Waals surface area contributed by atoms with Crippen LogP contribution >= 0.6 is 0 Å². The Balaban J connectivity index is 1.37. The SMILES string of the molecule is O=C(NCc1ccc2c(c1)OCO2)c1cncc(NCc2ccccc2F)c1. The predicted octanol–water partition coefficient (Wildman–Crippen LogP) is 3.49. The maximum absolute atomic E-state index is 13.7. The van der Waals surface area contributed by atoms with E-state index in [2.05, 4.69) is 15.6 Å². The van der Waals surface area contributed by atoms with Crippen molar-refractivity contribution in [2.45, 2.75) is 13.1 Å². The number of rotatable bonds is 6. The molecule has 0 spiro atoms. The summed E-state index contributed by atoms with van der Waals surface area (Å²) in [5, 5.41) is 5.94. The summed E-state index contributed by atoms with van der Waals surface area (Å²) in [5.41, 5.74) is 2.50. The lowest BCUT2D eigenvalue weighted by molar-refractivity contribution is 0.0950. The third-order valence-electron chi connectivity index (χ3n) is 4.33. The maximum atomic E-state index is 13.7. The number of nitrogens with zero attached hydrogens (tertiary/aromatic N) is 1. The molecule has 4 rings (SSSR count). The van der Waals surface area contributed by atoms with E-state index in [1.807, 2.05) is 18.2 Å². The molecule has 1 amide bonds. The Labute approximate surface area is 161 Å². The van der Waals surface area contributed by atoms with Crippen LogP contribution in [0.5, 0.6) is 11.5 Å². The summed E-state index contributed by atoms with van der Waals surface area (Å²) in [6, 6.07) is 13.8. The molecular weight excluding hydrogens is 361 g/mol. The van der Waals surface area contributed by atoms with Gasteiger partial charge in [-0.25, -0.2) is 4.39 Å². The first-order valence-corrected chi connectivity index (χ1v) is 8.78. The number of amides is 1. The first-order chi connectivity index (χ1) is 13.7. The van der Waals surface area contributed by atoms with Crippen molar-refractivity contribution in [2.75, 3.05) is 12.1 Å². The summed E-state index contributed by atoms with van der Waals surface area (Å²) in [7, 11) is 0. The molecule has 3 aromatic rings. The van der Waals surface area contributed by atoms with Gasteiger partial charge in [-0.1, -0.05) is 24.3 Å². The van der Waals surface area contributed by atoms with Gasteiger partial charge in [0.25, 0.3) is 5.91 Å². The molecule has 6 nitrogen and oxygen atoms in total. The average Bonchev–Trinajstić information content (AvgIpc) is 3.19. The van der Waals surface area contributed by atoms with Crippen LogP contribution in [-0.4, -0.2) is 17.7 Å². The van der Waals surface area contributed by atoms with Gasteiger partial charge >= 0.3 is 0 Å². The van der Waals surface area contributed by atoms with E-state index in [1.54, 1.807) is 30.5 Å². The van der Waals surface area contributed by atoms with Crippen LogP contribution in [0.25, 0.3) is 0 Å². The number of hydrogen-bond acceptors (Lipinski definition) is 5. The van der Waals surface area contributed by atoms with Crippen molar-refractivity contribution >= 4 is 11.6 Å². The van der Waals surface area contributed by atoms with Crippen LogP contribution < -0.4 is 20.1 Å². The highest BCUT2D eigenvalue weighted by Gasteiger charge is 2.14. The minimum Gasteiger partial charge on any atom is -0.454 e. The Hall–Kier alpha value is -3.61. The van der Waals surface area contributed by atoms with Gasteiger partial charge in [0.2, 0.25) is 6.79 Å². The number of nitrogens with one attached hydrogen (secondary N) is 2. The minimum atomic E-state index is -0.277. The number of anilines is 1. The predicted molar refractivity (Wildman–Crippen MR) is 102 cm³/mol. The van der Waals surface area contributed by atoms with Gasteiger partial charge < -0.3 is 20.1 Å². The van der Waals surface area contributed by atoms with Gasteiger partial charge in [0, 0.05) is 31.0 Å². The number of aromatic nitrogens is 1. The molecule has 0 atom stereocenters. The number of halogens is 1. The van der Waals surface area contributed by atoms with Gasteiger partial charge in [-0.15, -0.1) is 0 Å². The van der Waals surface area contributed by atoms with Crippen LogP contribution in [0.15, 0.2) is 60.9 Å². The van der Waals surface area contributed by atoms with E-state index in [9.17, 15) is 9.18 Å². The molecule has 0 bridgehead atoms. The van der Waals surface area contributed by atoms with E-state index in [1.165, 1.54) is 12.3 Å². The van der Waals surface area contributed by atoms with E-state index in [0.29, 0.717) is 41.4 Å². The largest absolute Gasteiger partial charge is 0.454 e. The number of hydrogen-bond donors (Lipinski definition) is 2. The number of pyridine rings is 1. The van der Waals surface area contributed by atoms with Crippen LogP contribution in [0.2, 0.25) is 0 Å². The van der Waals surface area contributed by atoms with Gasteiger partial charge in [0.15, 0.2) is 11.5 Å². The fraction of sp³-hybridized carbons (Fsp3) is 0.143. The van der Waals surface area contributed by atoms with Crippen LogP contribution in [-0.2, 0) is 13.1 Å². The molecule has 2 N–H and O–H groups in total. The highest BCUT2D eigenvalue weighted by molar-refractivity contribution is 5.94. The minimum absolute atomic E-state index is 0.212. The molecule has 0 fully saturated rings. The highest BCUT2D eigenvalue weighted by Crippen LogP contribution is 2.32. The lowest BCUT2D eigenvalue weighted by Gasteiger charge is -2.09. The quantitative estimate of drug-likeness (QED) is 0.686. The van der Waals surface area contributed by atoms with Gasteiger partial charge in [-0.2, -0.15) is 0 Å². The number of ether oxygens (including phenoxy) is 2. The maximum Gasteiger partial charge on any atom is 0.253 e. The molecule has 1 aromatic heterocycles. The standard InChI is InChI=1S/C21H18FN3O3/c22-18-4-2-1-3-15(18)11-24-17-8-16(10-23-12-17)21(26)25-9-14-5-6-19-20(7-14)28-13-27-19/h1-8,10,12,24H,9,11,13H2,(H,25,26). The summed E-state index contributed by atoms with van der Waals surface area (Å²) >= 11 is 0. The van der Waals surface area contributed by atoms with Crippen molar-refractivity contribution in [1.82, 2.24) is 10.3 Å². The topological polar surface area (TPSA) is 72.5 Å². The summed E-state index contributed by atoms with van der Waals surface area (Å²) in [5.74, 6) is 0.848. The summed E-state index contributed by atoms with van der Waals surface area (Å²) in [6.45, 7) is 0.864. The van der Waals surface area contributed by atoms with E-state index >= 15 is 0 Å². The molecule has 1 aliphatic rings. The Morgan fingerprint density at radius 3 is 2.79 bits per heavy atom. The van der Waals surface area contributed by atoms with Crippen molar-refractivity contribution in [2.24, 2.45) is 0 Å². The van der Waals surface area contributed by atoms with E-state index in [4.69, 9.17) is 9.47 Å². The van der Waals surface area contributed by atoms with Gasteiger partial charge in [0.05, 0.1) is 11.3 Å². The highest BCUT2D eigenvalue weighted by atomic mass is 19.1. The van der Waals surface area contributed by atoms with Gasteiger partial charge in [0.1, 0.15) is 5.82 Å². The number of carbonyl (C=O) groups excluding carboxylic acids is 1.